The fraction of sp³-hybridized carbons (Fsp3) is 0.846. The van der Waals surface area contributed by atoms with Crippen LogP contribution in [0.2, 0.25) is 0 Å². The van der Waals surface area contributed by atoms with Crippen molar-refractivity contribution >= 4 is 0 Å². The number of hydrogen-bond acceptors (Lipinski definition) is 3. The Balaban J connectivity index is 1.84. The van der Waals surface area contributed by atoms with E-state index in [-0.39, 0.29) is 6.10 Å². The van der Waals surface area contributed by atoms with Gasteiger partial charge in [-0.05, 0) is 12.8 Å². The van der Waals surface area contributed by atoms with Crippen LogP contribution in [0.15, 0.2) is 12.7 Å². The van der Waals surface area contributed by atoms with Crippen LogP contribution >= 0.6 is 0 Å². The van der Waals surface area contributed by atoms with E-state index in [1.807, 2.05) is 6.08 Å². The average molecular weight is 228 g/mol. The third-order valence-electron chi connectivity index (χ3n) is 2.83. The van der Waals surface area contributed by atoms with Gasteiger partial charge in [0.2, 0.25) is 0 Å². The van der Waals surface area contributed by atoms with Crippen LogP contribution in [-0.2, 0) is 14.2 Å². The van der Waals surface area contributed by atoms with Crippen molar-refractivity contribution in [1.29, 1.82) is 0 Å². The maximum Gasteiger partial charge on any atom is 0.147 e. The first-order chi connectivity index (χ1) is 7.86. The summed E-state index contributed by atoms with van der Waals surface area (Å²) in [6, 6.07) is 0. The number of rotatable bonds is 11. The van der Waals surface area contributed by atoms with E-state index in [0.717, 1.165) is 13.0 Å². The van der Waals surface area contributed by atoms with Crippen LogP contribution in [0.25, 0.3) is 0 Å². The van der Waals surface area contributed by atoms with Crippen molar-refractivity contribution in [3.63, 3.8) is 0 Å². The minimum atomic E-state index is 0.145. The smallest absolute Gasteiger partial charge is 0.147 e. The topological polar surface area (TPSA) is 31.0 Å². The molecule has 1 fully saturated rings. The number of epoxide rings is 1. The lowest BCUT2D eigenvalue weighted by Gasteiger charge is -2.12. The minimum Gasteiger partial charge on any atom is -0.373 e. The number of hydrogen-bond donors (Lipinski definition) is 0. The molecule has 0 spiro atoms. The van der Waals surface area contributed by atoms with E-state index in [0.29, 0.717) is 12.9 Å². The quantitative estimate of drug-likeness (QED) is 0.236. The summed E-state index contributed by atoms with van der Waals surface area (Å²) in [6.07, 6.45) is 9.95. The van der Waals surface area contributed by atoms with Crippen LogP contribution in [0.3, 0.4) is 0 Å². The fourth-order valence-corrected chi connectivity index (χ4v) is 1.73. The molecule has 0 amide bonds. The van der Waals surface area contributed by atoms with Crippen molar-refractivity contribution < 1.29 is 14.2 Å². The van der Waals surface area contributed by atoms with Crippen LogP contribution in [-0.4, -0.2) is 32.7 Å². The molecule has 1 aliphatic rings. The van der Waals surface area contributed by atoms with Crippen molar-refractivity contribution in [2.24, 2.45) is 0 Å². The van der Waals surface area contributed by atoms with Gasteiger partial charge in [0.1, 0.15) is 6.79 Å². The third-order valence-corrected chi connectivity index (χ3v) is 2.83. The summed E-state index contributed by atoms with van der Waals surface area (Å²) in [4.78, 5) is 0. The number of ether oxygens (including phenoxy) is 3. The molecule has 0 aliphatic carbocycles. The predicted molar refractivity (Wildman–Crippen MR) is 64.4 cm³/mol. The van der Waals surface area contributed by atoms with Crippen LogP contribution in [0.1, 0.15) is 38.5 Å². The molecule has 1 aliphatic heterocycles. The van der Waals surface area contributed by atoms with Gasteiger partial charge in [0.15, 0.2) is 0 Å². The minimum absolute atomic E-state index is 0.145. The van der Waals surface area contributed by atoms with Crippen LogP contribution in [0.4, 0.5) is 0 Å². The first-order valence-electron chi connectivity index (χ1n) is 6.21. The average Bonchev–Trinajstić information content (AvgIpc) is 3.11. The van der Waals surface area contributed by atoms with Crippen molar-refractivity contribution in [1.82, 2.24) is 0 Å². The highest BCUT2D eigenvalue weighted by Crippen LogP contribution is 2.18. The van der Waals surface area contributed by atoms with E-state index in [2.05, 4.69) is 6.58 Å². The van der Waals surface area contributed by atoms with Gasteiger partial charge < -0.3 is 14.2 Å². The highest BCUT2D eigenvalue weighted by Gasteiger charge is 2.20. The van der Waals surface area contributed by atoms with Crippen molar-refractivity contribution in [2.75, 3.05) is 20.5 Å². The monoisotopic (exact) mass is 228 g/mol. The van der Waals surface area contributed by atoms with Gasteiger partial charge in [0.25, 0.3) is 0 Å². The Morgan fingerprint density at radius 2 is 2.12 bits per heavy atom. The summed E-state index contributed by atoms with van der Waals surface area (Å²) in [5.74, 6) is 0. The molecular formula is C13H24O3. The summed E-state index contributed by atoms with van der Waals surface area (Å²) in [5, 5.41) is 0. The second-order valence-electron chi connectivity index (χ2n) is 4.29. The molecule has 0 aromatic carbocycles. The van der Waals surface area contributed by atoms with Crippen molar-refractivity contribution in [2.45, 2.75) is 50.7 Å². The summed E-state index contributed by atoms with van der Waals surface area (Å²) < 4.78 is 15.5. The molecule has 0 radical (unpaired) electrons. The predicted octanol–water partition coefficient (Wildman–Crippen LogP) is 2.90. The molecule has 16 heavy (non-hydrogen) atoms. The van der Waals surface area contributed by atoms with Crippen LogP contribution < -0.4 is 0 Å². The Bertz CT molecular complexity index is 178. The maximum absolute atomic E-state index is 5.43. The van der Waals surface area contributed by atoms with Gasteiger partial charge in [0.05, 0.1) is 18.8 Å². The Kier molecular flexibility index (Phi) is 7.47. The number of unbranched alkanes of at least 4 members (excludes halogenated alkanes) is 3. The number of methoxy groups -OCH3 is 1. The van der Waals surface area contributed by atoms with Gasteiger partial charge in [-0.15, -0.1) is 6.58 Å². The molecule has 0 saturated carbocycles. The van der Waals surface area contributed by atoms with Crippen molar-refractivity contribution in [3.8, 4) is 0 Å². The molecule has 2 atom stereocenters. The summed E-state index contributed by atoms with van der Waals surface area (Å²) in [5.41, 5.74) is 0. The molecule has 1 rings (SSSR count). The van der Waals surface area contributed by atoms with Gasteiger partial charge in [0, 0.05) is 7.11 Å². The van der Waals surface area contributed by atoms with Gasteiger partial charge in [-0.1, -0.05) is 31.8 Å². The molecule has 3 heteroatoms. The lowest BCUT2D eigenvalue weighted by Crippen LogP contribution is -2.11. The molecule has 0 bridgehead atoms. The molecule has 1 heterocycles. The zero-order chi connectivity index (χ0) is 11.6. The molecule has 0 N–H and O–H groups in total. The Hall–Kier alpha value is -0.380. The van der Waals surface area contributed by atoms with Gasteiger partial charge in [-0.3, -0.25) is 0 Å². The molecule has 0 aromatic heterocycles. The lowest BCUT2D eigenvalue weighted by atomic mass is 10.1. The SMILES string of the molecule is C=C[C@H](CCCCCC[C@H]1CO1)OCOC. The summed E-state index contributed by atoms with van der Waals surface area (Å²) in [7, 11) is 1.64. The van der Waals surface area contributed by atoms with E-state index in [9.17, 15) is 0 Å². The second-order valence-corrected chi connectivity index (χ2v) is 4.29. The van der Waals surface area contributed by atoms with Crippen LogP contribution in [0, 0.1) is 0 Å². The Morgan fingerprint density at radius 3 is 2.75 bits per heavy atom. The maximum atomic E-state index is 5.43. The largest absolute Gasteiger partial charge is 0.373 e. The van der Waals surface area contributed by atoms with Gasteiger partial charge in [-0.2, -0.15) is 0 Å². The lowest BCUT2D eigenvalue weighted by molar-refractivity contribution is -0.0579. The van der Waals surface area contributed by atoms with E-state index in [1.54, 1.807) is 7.11 Å². The zero-order valence-corrected chi connectivity index (χ0v) is 10.3. The third kappa shape index (κ3) is 6.99. The van der Waals surface area contributed by atoms with Gasteiger partial charge >= 0.3 is 0 Å². The summed E-state index contributed by atoms with van der Waals surface area (Å²) >= 11 is 0. The molecule has 0 unspecified atom stereocenters. The molecular weight excluding hydrogens is 204 g/mol. The van der Waals surface area contributed by atoms with E-state index in [1.165, 1.54) is 32.1 Å². The first kappa shape index (κ1) is 13.7. The van der Waals surface area contributed by atoms with E-state index >= 15 is 0 Å². The highest BCUT2D eigenvalue weighted by molar-refractivity contribution is 4.79. The first-order valence-corrected chi connectivity index (χ1v) is 6.21. The fourth-order valence-electron chi connectivity index (χ4n) is 1.73. The standard InChI is InChI=1S/C13H24O3/c1-3-12(16-11-14-2)8-6-4-5-7-9-13-10-15-13/h3,12-13H,1,4-11H2,2H3/t12-,13+/m1/s1. The Morgan fingerprint density at radius 1 is 1.38 bits per heavy atom. The van der Waals surface area contributed by atoms with E-state index < -0.39 is 0 Å². The molecule has 1 saturated heterocycles. The highest BCUT2D eigenvalue weighted by atomic mass is 16.7. The van der Waals surface area contributed by atoms with E-state index in [4.69, 9.17) is 14.2 Å². The van der Waals surface area contributed by atoms with Crippen molar-refractivity contribution in [3.05, 3.63) is 12.7 Å². The van der Waals surface area contributed by atoms with Crippen LogP contribution in [0.5, 0.6) is 0 Å². The Labute approximate surface area is 98.8 Å². The molecule has 94 valence electrons. The normalized spacial score (nSPS) is 20.7. The summed E-state index contributed by atoms with van der Waals surface area (Å²) in [6.45, 7) is 5.11. The zero-order valence-electron chi connectivity index (χ0n) is 10.3. The molecule has 0 aromatic rings. The second kappa shape index (κ2) is 8.74. The van der Waals surface area contributed by atoms with Gasteiger partial charge in [-0.25, -0.2) is 0 Å². The molecule has 3 nitrogen and oxygen atoms in total.